The topological polar surface area (TPSA) is 17.0 Å². The molecule has 2 heterocycles. The number of hydrogen-bond acceptors (Lipinski definition) is 1. The first-order valence-electron chi connectivity index (χ1n) is 7.34. The molecule has 20 heavy (non-hydrogen) atoms. The summed E-state index contributed by atoms with van der Waals surface area (Å²) >= 11 is 0. The van der Waals surface area contributed by atoms with Crippen molar-refractivity contribution in [3.8, 4) is 0 Å². The van der Waals surface area contributed by atoms with Crippen LogP contribution >= 0.6 is 0 Å². The highest BCUT2D eigenvalue weighted by Crippen LogP contribution is 2.36. The molecule has 1 aromatic heterocycles. The van der Waals surface area contributed by atoms with Gasteiger partial charge in [-0.15, -0.1) is 6.58 Å². The second kappa shape index (κ2) is 5.20. The summed E-state index contributed by atoms with van der Waals surface area (Å²) in [7, 11) is 1.95. The average Bonchev–Trinajstić information content (AvgIpc) is 2.85. The summed E-state index contributed by atoms with van der Waals surface area (Å²) < 4.78 is 2.42. The standard InChI is InChI=1S/C18H22N2/c1-4-7-15(13(2)19-3)17-12-20-11-6-9-14-8-5-10-16(17)18(14)20/h4-5,8,10,12,15,19H,1-2,6-7,9,11H2,3H3/t15-/m1/s1. The average molecular weight is 266 g/mol. The van der Waals surface area contributed by atoms with E-state index in [-0.39, 0.29) is 0 Å². The minimum Gasteiger partial charge on any atom is -0.391 e. The lowest BCUT2D eigenvalue weighted by Crippen LogP contribution is -2.13. The second-order valence-corrected chi connectivity index (χ2v) is 5.55. The lowest BCUT2D eigenvalue weighted by Gasteiger charge is -2.17. The zero-order chi connectivity index (χ0) is 14.1. The Morgan fingerprint density at radius 3 is 3.10 bits per heavy atom. The number of likely N-dealkylation sites (N-methyl/N-ethyl adjacent to an activating group) is 1. The Morgan fingerprint density at radius 1 is 1.50 bits per heavy atom. The van der Waals surface area contributed by atoms with E-state index in [1.807, 2.05) is 13.1 Å². The van der Waals surface area contributed by atoms with Crippen LogP contribution in [0.2, 0.25) is 0 Å². The smallest absolute Gasteiger partial charge is 0.0515 e. The van der Waals surface area contributed by atoms with E-state index in [9.17, 15) is 0 Å². The van der Waals surface area contributed by atoms with Crippen molar-refractivity contribution in [2.45, 2.75) is 31.7 Å². The molecule has 0 unspecified atom stereocenters. The fourth-order valence-electron chi connectivity index (χ4n) is 3.36. The van der Waals surface area contributed by atoms with Gasteiger partial charge in [-0.05, 0) is 30.4 Å². The van der Waals surface area contributed by atoms with E-state index in [4.69, 9.17) is 0 Å². The highest BCUT2D eigenvalue weighted by Gasteiger charge is 2.21. The zero-order valence-corrected chi connectivity index (χ0v) is 12.2. The molecule has 0 fully saturated rings. The van der Waals surface area contributed by atoms with Gasteiger partial charge in [0.25, 0.3) is 0 Å². The number of rotatable bonds is 5. The highest BCUT2D eigenvalue weighted by atomic mass is 15.0. The molecule has 1 aromatic carbocycles. The summed E-state index contributed by atoms with van der Waals surface area (Å²) in [6, 6.07) is 6.69. The Kier molecular flexibility index (Phi) is 3.39. The third kappa shape index (κ3) is 1.96. The molecule has 2 aromatic rings. The molecule has 1 atom stereocenters. The number of aromatic nitrogens is 1. The van der Waals surface area contributed by atoms with Gasteiger partial charge in [0, 0.05) is 36.8 Å². The number of aryl methyl sites for hydroxylation is 2. The molecule has 0 spiro atoms. The second-order valence-electron chi connectivity index (χ2n) is 5.55. The lowest BCUT2D eigenvalue weighted by molar-refractivity contribution is 0.631. The highest BCUT2D eigenvalue weighted by molar-refractivity contribution is 5.88. The van der Waals surface area contributed by atoms with E-state index in [0.717, 1.165) is 18.7 Å². The number of benzene rings is 1. The van der Waals surface area contributed by atoms with E-state index < -0.39 is 0 Å². The fourth-order valence-corrected chi connectivity index (χ4v) is 3.36. The van der Waals surface area contributed by atoms with E-state index >= 15 is 0 Å². The molecule has 0 saturated carbocycles. The van der Waals surface area contributed by atoms with E-state index in [1.165, 1.54) is 34.9 Å². The number of nitrogens with one attached hydrogen (secondary N) is 1. The van der Waals surface area contributed by atoms with Gasteiger partial charge in [0.1, 0.15) is 0 Å². The maximum atomic E-state index is 4.18. The van der Waals surface area contributed by atoms with Crippen molar-refractivity contribution in [3.05, 3.63) is 60.5 Å². The first-order chi connectivity index (χ1) is 9.76. The molecule has 2 nitrogen and oxygen atoms in total. The van der Waals surface area contributed by atoms with Gasteiger partial charge in [-0.1, -0.05) is 30.9 Å². The van der Waals surface area contributed by atoms with Crippen LogP contribution in [0, 0.1) is 0 Å². The van der Waals surface area contributed by atoms with Crippen molar-refractivity contribution in [2.24, 2.45) is 0 Å². The van der Waals surface area contributed by atoms with Crippen molar-refractivity contribution in [1.29, 1.82) is 0 Å². The maximum Gasteiger partial charge on any atom is 0.0515 e. The largest absolute Gasteiger partial charge is 0.391 e. The fraction of sp³-hybridized carbons (Fsp3) is 0.333. The van der Waals surface area contributed by atoms with Crippen LogP contribution in [0.4, 0.5) is 0 Å². The van der Waals surface area contributed by atoms with Crippen molar-refractivity contribution >= 4 is 10.9 Å². The predicted molar refractivity (Wildman–Crippen MR) is 86.0 cm³/mol. The molecule has 0 amide bonds. The number of allylic oxidation sites excluding steroid dienone is 2. The Labute approximate surface area is 120 Å². The SMILES string of the molecule is C=CC[C@H](C(=C)NC)c1cn2c3c(cccc13)CCC2. The molecule has 0 bridgehead atoms. The van der Waals surface area contributed by atoms with Crippen molar-refractivity contribution in [2.75, 3.05) is 7.05 Å². The molecule has 0 aliphatic carbocycles. The van der Waals surface area contributed by atoms with Crippen molar-refractivity contribution in [3.63, 3.8) is 0 Å². The van der Waals surface area contributed by atoms with E-state index in [2.05, 4.69) is 47.4 Å². The van der Waals surface area contributed by atoms with E-state index in [1.54, 1.807) is 0 Å². The van der Waals surface area contributed by atoms with Gasteiger partial charge in [0.15, 0.2) is 0 Å². The van der Waals surface area contributed by atoms with Crippen LogP contribution in [0.5, 0.6) is 0 Å². The van der Waals surface area contributed by atoms with Crippen LogP contribution in [-0.2, 0) is 13.0 Å². The van der Waals surface area contributed by atoms with Gasteiger partial charge < -0.3 is 9.88 Å². The summed E-state index contributed by atoms with van der Waals surface area (Å²) in [5, 5.41) is 4.60. The summed E-state index contributed by atoms with van der Waals surface area (Å²) in [6.07, 6.45) is 7.66. The van der Waals surface area contributed by atoms with Crippen molar-refractivity contribution < 1.29 is 0 Å². The Bertz CT molecular complexity index is 663. The molecule has 0 radical (unpaired) electrons. The number of para-hydroxylation sites is 1. The molecule has 3 rings (SSSR count). The Hall–Kier alpha value is -1.96. The summed E-state index contributed by atoms with van der Waals surface area (Å²) in [5.74, 6) is 0.301. The van der Waals surface area contributed by atoms with Crippen LogP contribution in [0.1, 0.15) is 29.9 Å². The summed E-state index contributed by atoms with van der Waals surface area (Å²) in [6.45, 7) is 9.21. The maximum absolute atomic E-state index is 4.18. The minimum absolute atomic E-state index is 0.301. The monoisotopic (exact) mass is 266 g/mol. The van der Waals surface area contributed by atoms with Gasteiger partial charge in [-0.3, -0.25) is 0 Å². The van der Waals surface area contributed by atoms with Crippen LogP contribution < -0.4 is 5.32 Å². The van der Waals surface area contributed by atoms with Gasteiger partial charge in [0.05, 0.1) is 5.52 Å². The number of nitrogens with zero attached hydrogens (tertiary/aromatic N) is 1. The molecule has 0 saturated heterocycles. The van der Waals surface area contributed by atoms with Crippen molar-refractivity contribution in [1.82, 2.24) is 9.88 Å². The van der Waals surface area contributed by atoms with Gasteiger partial charge in [-0.25, -0.2) is 0 Å². The molecule has 1 aliphatic heterocycles. The third-order valence-corrected chi connectivity index (χ3v) is 4.38. The Morgan fingerprint density at radius 2 is 2.35 bits per heavy atom. The summed E-state index contributed by atoms with van der Waals surface area (Å²) in [5.41, 5.74) is 5.34. The quantitative estimate of drug-likeness (QED) is 0.810. The summed E-state index contributed by atoms with van der Waals surface area (Å²) in [4.78, 5) is 0. The van der Waals surface area contributed by atoms with Gasteiger partial charge in [0.2, 0.25) is 0 Å². The Balaban J connectivity index is 2.18. The third-order valence-electron chi connectivity index (χ3n) is 4.38. The van der Waals surface area contributed by atoms with Gasteiger partial charge >= 0.3 is 0 Å². The first-order valence-corrected chi connectivity index (χ1v) is 7.34. The van der Waals surface area contributed by atoms with E-state index in [0.29, 0.717) is 5.92 Å². The zero-order valence-electron chi connectivity index (χ0n) is 12.2. The van der Waals surface area contributed by atoms with Crippen LogP contribution in [0.25, 0.3) is 10.9 Å². The minimum atomic E-state index is 0.301. The number of hydrogen-bond donors (Lipinski definition) is 1. The van der Waals surface area contributed by atoms with Gasteiger partial charge in [-0.2, -0.15) is 0 Å². The van der Waals surface area contributed by atoms with Crippen LogP contribution in [0.15, 0.2) is 49.3 Å². The molecular formula is C18H22N2. The molecule has 104 valence electrons. The molecule has 1 N–H and O–H groups in total. The molecule has 1 aliphatic rings. The van der Waals surface area contributed by atoms with Crippen LogP contribution in [0.3, 0.4) is 0 Å². The normalized spacial score (nSPS) is 15.1. The first kappa shape index (κ1) is 13.0. The molecule has 2 heteroatoms. The lowest BCUT2D eigenvalue weighted by atomic mass is 9.91. The predicted octanol–water partition coefficient (Wildman–Crippen LogP) is 3.98. The van der Waals surface area contributed by atoms with Crippen LogP contribution in [-0.4, -0.2) is 11.6 Å². The molecular weight excluding hydrogens is 244 g/mol.